The molecule has 1 atom stereocenters. The lowest BCUT2D eigenvalue weighted by molar-refractivity contribution is -0.156. The summed E-state index contributed by atoms with van der Waals surface area (Å²) in [5, 5.41) is 5.61. The molecule has 0 spiro atoms. The highest BCUT2D eigenvalue weighted by molar-refractivity contribution is 5.93. The largest absolute Gasteiger partial charge is 0.414 e. The lowest BCUT2D eigenvalue weighted by Crippen LogP contribution is -2.40. The van der Waals surface area contributed by atoms with Gasteiger partial charge in [-0.1, -0.05) is 6.07 Å². The van der Waals surface area contributed by atoms with Crippen molar-refractivity contribution in [1.82, 2.24) is 35.0 Å². The van der Waals surface area contributed by atoms with Crippen LogP contribution in [-0.4, -0.2) is 41.8 Å². The van der Waals surface area contributed by atoms with Crippen molar-refractivity contribution in [3.63, 3.8) is 0 Å². The number of rotatable bonds is 5. The maximum Gasteiger partial charge on any atom is 0.414 e. The Morgan fingerprint density at radius 1 is 1.30 bits per heavy atom. The standard InChI is InChI=1S/C15H12F3N7O2/c16-15(17,18)12(10-3-1-2-4-20-10)24-14(27)9-5-21-11(23-13(9)26)6-25-8-19-7-22-25/h1-5,7-8,12H,6H2,(H,24,27)(H,21,23,26). The molecule has 3 aromatic rings. The third-order valence-electron chi connectivity index (χ3n) is 3.46. The molecule has 0 aliphatic rings. The van der Waals surface area contributed by atoms with E-state index in [4.69, 9.17) is 0 Å². The Balaban J connectivity index is 1.81. The summed E-state index contributed by atoms with van der Waals surface area (Å²) in [7, 11) is 0. The highest BCUT2D eigenvalue weighted by atomic mass is 19.4. The van der Waals surface area contributed by atoms with Gasteiger partial charge in [-0.3, -0.25) is 14.6 Å². The average Bonchev–Trinajstić information content (AvgIpc) is 3.12. The summed E-state index contributed by atoms with van der Waals surface area (Å²) in [6, 6.07) is 1.57. The maximum absolute atomic E-state index is 13.3. The lowest BCUT2D eigenvalue weighted by Gasteiger charge is -2.20. The van der Waals surface area contributed by atoms with Crippen LogP contribution in [0.1, 0.15) is 27.9 Å². The minimum absolute atomic E-state index is 0.0796. The molecule has 9 nitrogen and oxygen atoms in total. The van der Waals surface area contributed by atoms with E-state index in [1.54, 1.807) is 5.32 Å². The molecular weight excluding hydrogens is 367 g/mol. The summed E-state index contributed by atoms with van der Waals surface area (Å²) in [5.41, 5.74) is -1.83. The molecule has 0 bridgehead atoms. The van der Waals surface area contributed by atoms with Gasteiger partial charge in [0.05, 0.1) is 5.69 Å². The Labute approximate surface area is 149 Å². The van der Waals surface area contributed by atoms with Gasteiger partial charge in [0, 0.05) is 12.4 Å². The molecule has 1 amide bonds. The molecule has 3 heterocycles. The molecule has 0 saturated carbocycles. The third-order valence-corrected chi connectivity index (χ3v) is 3.46. The molecule has 0 radical (unpaired) electrons. The number of hydrogen-bond acceptors (Lipinski definition) is 6. The topological polar surface area (TPSA) is 118 Å². The van der Waals surface area contributed by atoms with E-state index in [9.17, 15) is 22.8 Å². The van der Waals surface area contributed by atoms with E-state index in [1.165, 1.54) is 35.7 Å². The van der Waals surface area contributed by atoms with Gasteiger partial charge in [-0.2, -0.15) is 18.3 Å². The van der Waals surface area contributed by atoms with Gasteiger partial charge >= 0.3 is 6.18 Å². The minimum atomic E-state index is -4.79. The smallest absolute Gasteiger partial charge is 0.335 e. The average molecular weight is 379 g/mol. The zero-order valence-corrected chi connectivity index (χ0v) is 13.5. The van der Waals surface area contributed by atoms with Crippen LogP contribution in [0.5, 0.6) is 0 Å². The van der Waals surface area contributed by atoms with Gasteiger partial charge in [0.25, 0.3) is 11.5 Å². The summed E-state index contributed by atoms with van der Waals surface area (Å²) in [6.45, 7) is 0.0796. The number of H-pyrrole nitrogens is 1. The van der Waals surface area contributed by atoms with Crippen molar-refractivity contribution in [1.29, 1.82) is 0 Å². The molecule has 2 N–H and O–H groups in total. The quantitative estimate of drug-likeness (QED) is 0.678. The van der Waals surface area contributed by atoms with E-state index >= 15 is 0 Å². The van der Waals surface area contributed by atoms with E-state index in [-0.39, 0.29) is 12.4 Å². The number of pyridine rings is 1. The first-order valence-corrected chi connectivity index (χ1v) is 7.53. The Bertz CT molecular complexity index is 971. The van der Waals surface area contributed by atoms with Crippen molar-refractivity contribution in [2.45, 2.75) is 18.8 Å². The van der Waals surface area contributed by atoms with Crippen LogP contribution in [0.15, 0.2) is 48.0 Å². The highest BCUT2D eigenvalue weighted by Crippen LogP contribution is 2.31. The molecule has 0 aliphatic heterocycles. The molecular formula is C15H12F3N7O2. The number of nitrogens with one attached hydrogen (secondary N) is 2. The third kappa shape index (κ3) is 4.34. The maximum atomic E-state index is 13.3. The van der Waals surface area contributed by atoms with Crippen molar-refractivity contribution in [2.24, 2.45) is 0 Å². The van der Waals surface area contributed by atoms with Crippen LogP contribution in [-0.2, 0) is 6.54 Å². The van der Waals surface area contributed by atoms with E-state index in [2.05, 4.69) is 25.0 Å². The Kier molecular flexibility index (Phi) is 4.96. The van der Waals surface area contributed by atoms with E-state index in [0.717, 1.165) is 12.3 Å². The molecule has 27 heavy (non-hydrogen) atoms. The van der Waals surface area contributed by atoms with E-state index < -0.39 is 34.9 Å². The van der Waals surface area contributed by atoms with Crippen LogP contribution < -0.4 is 10.9 Å². The predicted octanol–water partition coefficient (Wildman–Crippen LogP) is 0.838. The van der Waals surface area contributed by atoms with Crippen LogP contribution in [0.3, 0.4) is 0 Å². The number of carbonyl (C=O) groups excluding carboxylic acids is 1. The van der Waals surface area contributed by atoms with Gasteiger partial charge < -0.3 is 10.3 Å². The van der Waals surface area contributed by atoms with Crippen LogP contribution >= 0.6 is 0 Å². The Morgan fingerprint density at radius 2 is 2.11 bits per heavy atom. The monoisotopic (exact) mass is 379 g/mol. The number of hydrogen-bond donors (Lipinski definition) is 2. The molecule has 140 valence electrons. The number of halogens is 3. The number of amides is 1. The fourth-order valence-corrected chi connectivity index (χ4v) is 2.22. The number of aromatic nitrogens is 6. The van der Waals surface area contributed by atoms with Crippen molar-refractivity contribution < 1.29 is 18.0 Å². The molecule has 3 rings (SSSR count). The second kappa shape index (κ2) is 7.35. The minimum Gasteiger partial charge on any atom is -0.335 e. The molecule has 1 unspecified atom stereocenters. The molecule has 0 fully saturated rings. The van der Waals surface area contributed by atoms with Gasteiger partial charge in [0.1, 0.15) is 30.6 Å². The van der Waals surface area contributed by atoms with Crippen LogP contribution in [0.2, 0.25) is 0 Å². The van der Waals surface area contributed by atoms with Crippen molar-refractivity contribution >= 4 is 5.91 Å². The zero-order valence-electron chi connectivity index (χ0n) is 13.5. The number of carbonyl (C=O) groups is 1. The second-order valence-electron chi connectivity index (χ2n) is 5.37. The summed E-state index contributed by atoms with van der Waals surface area (Å²) >= 11 is 0. The summed E-state index contributed by atoms with van der Waals surface area (Å²) in [5.74, 6) is -1.05. The molecule has 0 aliphatic carbocycles. The van der Waals surface area contributed by atoms with Crippen molar-refractivity contribution in [3.8, 4) is 0 Å². The van der Waals surface area contributed by atoms with Crippen molar-refractivity contribution in [2.75, 3.05) is 0 Å². The highest BCUT2D eigenvalue weighted by Gasteiger charge is 2.43. The summed E-state index contributed by atoms with van der Waals surface area (Å²) < 4.78 is 41.2. The second-order valence-corrected chi connectivity index (χ2v) is 5.37. The van der Waals surface area contributed by atoms with Gasteiger partial charge in [0.2, 0.25) is 0 Å². The number of aromatic amines is 1. The first-order valence-electron chi connectivity index (χ1n) is 7.53. The Hall–Kier alpha value is -3.57. The van der Waals surface area contributed by atoms with E-state index in [1.807, 2.05) is 0 Å². The van der Waals surface area contributed by atoms with Crippen molar-refractivity contribution in [3.05, 3.63) is 70.7 Å². The van der Waals surface area contributed by atoms with Gasteiger partial charge in [-0.25, -0.2) is 14.6 Å². The van der Waals surface area contributed by atoms with Crippen LogP contribution in [0, 0.1) is 0 Å². The fraction of sp³-hybridized carbons (Fsp3) is 0.200. The fourth-order valence-electron chi connectivity index (χ4n) is 2.22. The predicted molar refractivity (Wildman–Crippen MR) is 84.5 cm³/mol. The lowest BCUT2D eigenvalue weighted by atomic mass is 10.1. The number of alkyl halides is 3. The SMILES string of the molecule is O=C(NC(c1ccccn1)C(F)(F)F)c1cnc(Cn2cncn2)[nH]c1=O. The van der Waals surface area contributed by atoms with Crippen LogP contribution in [0.25, 0.3) is 0 Å². The molecule has 12 heteroatoms. The first-order chi connectivity index (χ1) is 12.8. The summed E-state index contributed by atoms with van der Waals surface area (Å²) in [6.07, 6.45) is -0.0345. The zero-order chi connectivity index (χ0) is 19.4. The van der Waals surface area contributed by atoms with Gasteiger partial charge in [-0.15, -0.1) is 0 Å². The summed E-state index contributed by atoms with van der Waals surface area (Å²) in [4.78, 5) is 37.8. The molecule has 0 aromatic carbocycles. The molecule has 0 saturated heterocycles. The molecule has 3 aromatic heterocycles. The van der Waals surface area contributed by atoms with E-state index in [0.29, 0.717) is 0 Å². The normalized spacial score (nSPS) is 12.6. The van der Waals surface area contributed by atoms with Crippen LogP contribution in [0.4, 0.5) is 13.2 Å². The first kappa shape index (κ1) is 18.2. The van der Waals surface area contributed by atoms with Gasteiger partial charge in [-0.05, 0) is 12.1 Å². The number of nitrogens with zero attached hydrogens (tertiary/aromatic N) is 5. The Morgan fingerprint density at radius 3 is 2.70 bits per heavy atom. The van der Waals surface area contributed by atoms with Gasteiger partial charge in [0.15, 0.2) is 6.04 Å².